The molecule has 3 rings (SSSR count). The van der Waals surface area contributed by atoms with Crippen LogP contribution in [0.15, 0.2) is 54.6 Å². The molecule has 1 heteroatoms. The summed E-state index contributed by atoms with van der Waals surface area (Å²) < 4.78 is 0. The van der Waals surface area contributed by atoms with E-state index in [9.17, 15) is 0 Å². The monoisotopic (exact) mass is 280 g/mol. The lowest BCUT2D eigenvalue weighted by atomic mass is 10.1. The Morgan fingerprint density at radius 3 is 2.45 bits per heavy atom. The summed E-state index contributed by atoms with van der Waals surface area (Å²) in [5, 5.41) is 1.62. The van der Waals surface area contributed by atoms with Gasteiger partial charge in [-0.1, -0.05) is 78.4 Å². The Morgan fingerprint density at radius 2 is 1.75 bits per heavy atom. The first kappa shape index (κ1) is 13.6. The molecule has 0 nitrogen and oxygen atoms in total. The maximum absolute atomic E-state index is 2.54. The van der Waals surface area contributed by atoms with Crippen LogP contribution >= 0.6 is 0 Å². The molecule has 0 aliphatic heterocycles. The first-order chi connectivity index (χ1) is 9.57. The van der Waals surface area contributed by atoms with Crippen LogP contribution in [0.25, 0.3) is 0 Å². The number of hydrogen-bond donors (Lipinski definition) is 0. The maximum atomic E-state index is 2.54. The molecular formula is C19H24Si. The zero-order valence-corrected chi connectivity index (χ0v) is 13.8. The number of rotatable bonds is 4. The molecule has 0 saturated heterocycles. The maximum Gasteiger partial charge on any atom is 0.0839 e. The standard InChI is InChI=1S/C19H24Si/c1-15-8-7-9-16(12-15)13-17-14-19(17)20(2,3)18-10-5-4-6-11-18/h4-12,17,19H,13-14H2,1-3H3. The van der Waals surface area contributed by atoms with Gasteiger partial charge in [0.15, 0.2) is 0 Å². The third-order valence-corrected chi connectivity index (χ3v) is 9.33. The quantitative estimate of drug-likeness (QED) is 0.721. The van der Waals surface area contributed by atoms with Gasteiger partial charge in [0.05, 0.1) is 8.07 Å². The summed E-state index contributed by atoms with van der Waals surface area (Å²) in [6.45, 7) is 7.28. The Balaban J connectivity index is 1.70. The summed E-state index contributed by atoms with van der Waals surface area (Å²) >= 11 is 0. The molecule has 0 N–H and O–H groups in total. The van der Waals surface area contributed by atoms with Crippen LogP contribution in [-0.4, -0.2) is 8.07 Å². The van der Waals surface area contributed by atoms with E-state index in [0.29, 0.717) is 0 Å². The van der Waals surface area contributed by atoms with Gasteiger partial charge in [-0.25, -0.2) is 0 Å². The van der Waals surface area contributed by atoms with Crippen LogP contribution in [0.1, 0.15) is 17.5 Å². The van der Waals surface area contributed by atoms with Gasteiger partial charge in [0.25, 0.3) is 0 Å². The molecule has 2 atom stereocenters. The molecule has 1 fully saturated rings. The van der Waals surface area contributed by atoms with Crippen molar-refractivity contribution in [3.8, 4) is 0 Å². The number of benzene rings is 2. The molecule has 0 radical (unpaired) electrons. The summed E-state index contributed by atoms with van der Waals surface area (Å²) in [7, 11) is -1.28. The van der Waals surface area contributed by atoms with Crippen molar-refractivity contribution in [2.75, 3.05) is 0 Å². The summed E-state index contributed by atoms with van der Waals surface area (Å²) in [6.07, 6.45) is 2.71. The fraction of sp³-hybridized carbons (Fsp3) is 0.368. The molecule has 2 aromatic rings. The zero-order valence-electron chi connectivity index (χ0n) is 12.8. The predicted molar refractivity (Wildman–Crippen MR) is 90.3 cm³/mol. The first-order valence-electron chi connectivity index (χ1n) is 7.68. The van der Waals surface area contributed by atoms with E-state index in [1.165, 1.54) is 24.0 Å². The highest BCUT2D eigenvalue weighted by molar-refractivity contribution is 6.91. The molecule has 2 aromatic carbocycles. The molecule has 1 aliphatic carbocycles. The molecule has 0 bridgehead atoms. The first-order valence-corrected chi connectivity index (χ1v) is 10.8. The average Bonchev–Trinajstić information content (AvgIpc) is 3.20. The second-order valence-corrected chi connectivity index (χ2v) is 11.6. The molecular weight excluding hydrogens is 256 g/mol. The zero-order chi connectivity index (χ0) is 14.2. The molecule has 0 spiro atoms. The predicted octanol–water partition coefficient (Wildman–Crippen LogP) is 4.54. The van der Waals surface area contributed by atoms with Crippen molar-refractivity contribution < 1.29 is 0 Å². The van der Waals surface area contributed by atoms with Gasteiger partial charge in [0.2, 0.25) is 0 Å². The van der Waals surface area contributed by atoms with Gasteiger partial charge in [0.1, 0.15) is 0 Å². The Kier molecular flexibility index (Phi) is 3.55. The third kappa shape index (κ3) is 2.73. The van der Waals surface area contributed by atoms with Crippen LogP contribution in [0.3, 0.4) is 0 Å². The number of hydrogen-bond acceptors (Lipinski definition) is 0. The molecule has 2 unspecified atom stereocenters. The minimum atomic E-state index is -1.28. The van der Waals surface area contributed by atoms with E-state index < -0.39 is 8.07 Å². The van der Waals surface area contributed by atoms with Crippen molar-refractivity contribution >= 4 is 13.3 Å². The highest BCUT2D eigenvalue weighted by atomic mass is 28.3. The molecule has 20 heavy (non-hydrogen) atoms. The topological polar surface area (TPSA) is 0 Å². The molecule has 1 saturated carbocycles. The van der Waals surface area contributed by atoms with Crippen LogP contribution in [0.2, 0.25) is 18.6 Å². The van der Waals surface area contributed by atoms with E-state index in [1.54, 1.807) is 5.19 Å². The van der Waals surface area contributed by atoms with Gasteiger partial charge >= 0.3 is 0 Å². The van der Waals surface area contributed by atoms with Gasteiger partial charge in [-0.2, -0.15) is 0 Å². The molecule has 0 heterocycles. The summed E-state index contributed by atoms with van der Waals surface area (Å²) in [6, 6.07) is 20.2. The lowest BCUT2D eigenvalue weighted by molar-refractivity contribution is 0.825. The van der Waals surface area contributed by atoms with Crippen molar-refractivity contribution in [3.05, 3.63) is 65.7 Å². The molecule has 0 amide bonds. The van der Waals surface area contributed by atoms with E-state index in [4.69, 9.17) is 0 Å². The largest absolute Gasteiger partial charge is 0.0839 e. The highest BCUT2D eigenvalue weighted by Crippen LogP contribution is 2.53. The van der Waals surface area contributed by atoms with Crippen LogP contribution < -0.4 is 5.19 Å². The molecule has 0 aromatic heterocycles. The third-order valence-electron chi connectivity index (χ3n) is 4.95. The fourth-order valence-corrected chi connectivity index (χ4v) is 7.25. The van der Waals surface area contributed by atoms with Gasteiger partial charge in [-0.3, -0.25) is 0 Å². The van der Waals surface area contributed by atoms with E-state index in [2.05, 4.69) is 74.6 Å². The van der Waals surface area contributed by atoms with Crippen LogP contribution in [-0.2, 0) is 6.42 Å². The highest BCUT2D eigenvalue weighted by Gasteiger charge is 2.49. The van der Waals surface area contributed by atoms with Gasteiger partial charge in [-0.15, -0.1) is 0 Å². The Labute approximate surface area is 123 Å². The Hall–Kier alpha value is -1.34. The lowest BCUT2D eigenvalue weighted by Crippen LogP contribution is -2.42. The lowest BCUT2D eigenvalue weighted by Gasteiger charge is -2.23. The van der Waals surface area contributed by atoms with Crippen molar-refractivity contribution in [1.82, 2.24) is 0 Å². The van der Waals surface area contributed by atoms with Crippen LogP contribution in [0.5, 0.6) is 0 Å². The summed E-state index contributed by atoms with van der Waals surface area (Å²) in [4.78, 5) is 0. The van der Waals surface area contributed by atoms with E-state index >= 15 is 0 Å². The van der Waals surface area contributed by atoms with Crippen molar-refractivity contribution in [2.45, 2.75) is 38.4 Å². The van der Waals surface area contributed by atoms with Gasteiger partial charge < -0.3 is 0 Å². The van der Waals surface area contributed by atoms with Crippen molar-refractivity contribution in [1.29, 1.82) is 0 Å². The minimum Gasteiger partial charge on any atom is -0.0652 e. The minimum absolute atomic E-state index is 0.915. The second-order valence-electron chi connectivity index (χ2n) is 6.88. The van der Waals surface area contributed by atoms with Crippen LogP contribution in [0.4, 0.5) is 0 Å². The Morgan fingerprint density at radius 1 is 1.00 bits per heavy atom. The van der Waals surface area contributed by atoms with Gasteiger partial charge in [0, 0.05) is 0 Å². The van der Waals surface area contributed by atoms with Crippen molar-refractivity contribution in [3.63, 3.8) is 0 Å². The van der Waals surface area contributed by atoms with E-state index in [0.717, 1.165) is 11.5 Å². The van der Waals surface area contributed by atoms with Crippen LogP contribution in [0, 0.1) is 12.8 Å². The second kappa shape index (κ2) is 5.21. The summed E-state index contributed by atoms with van der Waals surface area (Å²) in [5.74, 6) is 0.915. The van der Waals surface area contributed by atoms with E-state index in [1.807, 2.05) is 0 Å². The number of aryl methyl sites for hydroxylation is 1. The van der Waals surface area contributed by atoms with Crippen molar-refractivity contribution in [2.24, 2.45) is 5.92 Å². The summed E-state index contributed by atoms with van der Waals surface area (Å²) in [5.41, 5.74) is 3.88. The Bertz CT molecular complexity index is 586. The smallest absolute Gasteiger partial charge is 0.0652 e. The average molecular weight is 280 g/mol. The fourth-order valence-electron chi connectivity index (χ4n) is 3.58. The normalized spacial score (nSPS) is 21.8. The van der Waals surface area contributed by atoms with E-state index in [-0.39, 0.29) is 0 Å². The van der Waals surface area contributed by atoms with Gasteiger partial charge in [-0.05, 0) is 36.8 Å². The molecule has 1 aliphatic rings. The molecule has 104 valence electrons. The SMILES string of the molecule is Cc1cccc(CC2CC2[Si](C)(C)c2ccccc2)c1.